The number of nitrogens with zero attached hydrogens (tertiary/aromatic N) is 4. The largest absolute Gasteiger partial charge is 0.493 e. The Morgan fingerprint density at radius 2 is 0.744 bits per heavy atom. The number of nitrogens with one attached hydrogen (secondary N) is 4. The number of carbonyl (C=O) groups excluding carboxylic acids is 4. The van der Waals surface area contributed by atoms with Gasteiger partial charge in [0.2, 0.25) is 0 Å². The Morgan fingerprint density at radius 3 is 1.15 bits per heavy atom. The van der Waals surface area contributed by atoms with Crippen LogP contribution < -0.4 is 18.9 Å². The first-order valence-corrected chi connectivity index (χ1v) is 29.3. The average molecular weight is 1200 g/mol. The second kappa shape index (κ2) is 33.4. The van der Waals surface area contributed by atoms with E-state index in [1.54, 1.807) is 31.2 Å². The van der Waals surface area contributed by atoms with Crippen molar-refractivity contribution >= 4 is 34.7 Å². The third kappa shape index (κ3) is 20.5. The molecule has 8 aromatic rings. The van der Waals surface area contributed by atoms with E-state index in [2.05, 4.69) is 40.8 Å². The monoisotopic (exact) mass is 1200 g/mol. The number of hydrogen-bond acceptors (Lipinski definition) is 12. The quantitative estimate of drug-likeness (QED) is 0.0310. The molecule has 0 saturated heterocycles. The van der Waals surface area contributed by atoms with E-state index in [1.165, 1.54) is 73.4 Å². The molecule has 4 heterocycles. The number of ether oxygens (including phenoxy) is 4. The van der Waals surface area contributed by atoms with Crippen LogP contribution in [-0.2, 0) is 25.7 Å². The topological polar surface area (TPSA) is 220 Å². The molecule has 0 aliphatic carbocycles. The van der Waals surface area contributed by atoms with Crippen LogP contribution in [0.15, 0.2) is 66.7 Å². The highest BCUT2D eigenvalue weighted by molar-refractivity contribution is 6.32. The van der Waals surface area contributed by atoms with Crippen molar-refractivity contribution < 1.29 is 46.9 Å². The summed E-state index contributed by atoms with van der Waals surface area (Å²) in [6.07, 6.45) is 7.94. The summed E-state index contributed by atoms with van der Waals surface area (Å²) >= 11 is 6.08. The van der Waals surface area contributed by atoms with Crippen LogP contribution in [-0.4, -0.2) is 90.3 Å². The number of Topliss-reactive ketones (excluding diaryl/α,β-unsaturated/α-hetero) is 4. The summed E-state index contributed by atoms with van der Waals surface area (Å²) in [5.41, 5.74) is 17.6. The number of unbranched alkanes of at least 4 members (excludes halogenated alkanes) is 1. The first-order valence-electron chi connectivity index (χ1n) is 28.9. The summed E-state index contributed by atoms with van der Waals surface area (Å²) in [4.78, 5) is 45.3. The van der Waals surface area contributed by atoms with E-state index < -0.39 is 11.6 Å². The maximum absolute atomic E-state index is 13.7. The van der Waals surface area contributed by atoms with Crippen LogP contribution in [0.1, 0.15) is 180 Å². The molecular formula is C67H83ClF2N8O8. The van der Waals surface area contributed by atoms with Gasteiger partial charge in [0.1, 0.15) is 11.5 Å². The molecule has 86 heavy (non-hydrogen) atoms. The zero-order chi connectivity index (χ0) is 63.2. The van der Waals surface area contributed by atoms with E-state index in [0.29, 0.717) is 53.9 Å². The van der Waals surface area contributed by atoms with Crippen molar-refractivity contribution in [3.05, 3.63) is 185 Å². The number of H-pyrrole nitrogens is 4. The molecule has 19 heteroatoms. The van der Waals surface area contributed by atoms with Crippen LogP contribution in [0.2, 0.25) is 5.02 Å². The lowest BCUT2D eigenvalue weighted by Crippen LogP contribution is -2.04. The summed E-state index contributed by atoms with van der Waals surface area (Å²) < 4.78 is 49.9. The van der Waals surface area contributed by atoms with Crippen LogP contribution >= 0.6 is 11.6 Å². The highest BCUT2D eigenvalue weighted by Gasteiger charge is 2.14. The van der Waals surface area contributed by atoms with Gasteiger partial charge >= 0.3 is 0 Å². The first-order chi connectivity index (χ1) is 40.9. The number of carbonyl (C=O) groups is 4. The van der Waals surface area contributed by atoms with Crippen LogP contribution in [0.4, 0.5) is 8.78 Å². The molecule has 0 atom stereocenters. The summed E-state index contributed by atoms with van der Waals surface area (Å²) in [5, 5.41) is 29.1. The molecule has 460 valence electrons. The number of aryl methyl sites for hydroxylation is 10. The molecule has 0 unspecified atom stereocenters. The van der Waals surface area contributed by atoms with Gasteiger partial charge in [-0.1, -0.05) is 11.6 Å². The summed E-state index contributed by atoms with van der Waals surface area (Å²) in [6.45, 7) is 28.0. The van der Waals surface area contributed by atoms with Crippen molar-refractivity contribution in [3.8, 4) is 23.0 Å². The molecule has 4 aromatic heterocycles. The van der Waals surface area contributed by atoms with Gasteiger partial charge in [-0.15, -0.1) is 0 Å². The zero-order valence-electron chi connectivity index (χ0n) is 52.2. The highest BCUT2D eigenvalue weighted by Crippen LogP contribution is 2.28. The van der Waals surface area contributed by atoms with E-state index in [0.717, 1.165) is 126 Å². The van der Waals surface area contributed by atoms with E-state index in [9.17, 15) is 28.0 Å². The third-order valence-corrected chi connectivity index (χ3v) is 14.9. The van der Waals surface area contributed by atoms with Crippen LogP contribution in [0.5, 0.6) is 23.0 Å². The molecule has 0 amide bonds. The average Bonchev–Trinajstić information content (AvgIpc) is 4.35. The van der Waals surface area contributed by atoms with Gasteiger partial charge in [0.05, 0.1) is 54.2 Å². The second-order valence-electron chi connectivity index (χ2n) is 21.4. The van der Waals surface area contributed by atoms with Gasteiger partial charge in [0.15, 0.2) is 46.3 Å². The van der Waals surface area contributed by atoms with Gasteiger partial charge in [-0.3, -0.25) is 39.6 Å². The van der Waals surface area contributed by atoms with Gasteiger partial charge < -0.3 is 18.9 Å². The number of aromatic amines is 4. The fourth-order valence-electron chi connectivity index (χ4n) is 9.52. The fraction of sp³-hybridized carbons (Fsp3) is 0.403. The van der Waals surface area contributed by atoms with E-state index in [1.807, 2.05) is 81.4 Å². The molecule has 0 saturated carbocycles. The lowest BCUT2D eigenvalue weighted by molar-refractivity contribution is 0.100. The van der Waals surface area contributed by atoms with Crippen LogP contribution in [0, 0.1) is 80.9 Å². The summed E-state index contributed by atoms with van der Waals surface area (Å²) in [7, 11) is 0. The Balaban J connectivity index is 0.000000209. The number of ketones is 4. The zero-order valence-corrected chi connectivity index (χ0v) is 53.0. The number of aromatic nitrogens is 8. The molecular weight excluding hydrogens is 1120 g/mol. The Labute approximate surface area is 508 Å². The predicted molar refractivity (Wildman–Crippen MR) is 332 cm³/mol. The molecule has 16 nitrogen and oxygen atoms in total. The third-order valence-electron chi connectivity index (χ3n) is 14.6. The Hall–Kier alpha value is -8.25. The lowest BCUT2D eigenvalue weighted by Gasteiger charge is -2.13. The number of rotatable bonds is 25. The maximum atomic E-state index is 13.7. The standard InChI is InChI=1S/C18H24N2O2.C17H21FN2O2.C16H19ClN2O2.C16H19FN2O2/c1-11-9-16(15(5)21)10-12(2)18(11)22-8-6-7-17-13(3)19-20-14(17)4;1-11-15(12(2)20-19-11)6-4-5-9-22-17-10-14(13(3)21)7-8-16(17)18;1-10-14(11(2)19-18-10)5-4-8-21-16-9-13(12(3)20)6-7-15(16)17;1-10-14(11(2)19-18-10)5-4-8-21-16-7-6-13(12(3)20)9-15(16)17/h9-10H,6-8H2,1-5H3,(H,19,20);7-8,10H,4-6,9H2,1-3H3,(H,19,20);2*6-7,9H,4-5,8H2,1-3H3,(H,18,19). The fourth-order valence-corrected chi connectivity index (χ4v) is 9.70. The Kier molecular flexibility index (Phi) is 26.7. The predicted octanol–water partition coefficient (Wildman–Crippen LogP) is 14.9. The molecule has 0 aliphatic heterocycles. The highest BCUT2D eigenvalue weighted by atomic mass is 35.5. The molecule has 0 radical (unpaired) electrons. The van der Waals surface area contributed by atoms with Crippen molar-refractivity contribution in [1.82, 2.24) is 40.8 Å². The van der Waals surface area contributed by atoms with E-state index in [-0.39, 0.29) is 34.6 Å². The molecule has 0 bridgehead atoms. The normalized spacial score (nSPS) is 10.7. The Morgan fingerprint density at radius 1 is 0.395 bits per heavy atom. The van der Waals surface area contributed by atoms with E-state index in [4.69, 9.17) is 30.5 Å². The summed E-state index contributed by atoms with van der Waals surface area (Å²) in [5.74, 6) is 0.663. The van der Waals surface area contributed by atoms with Crippen LogP contribution in [0.25, 0.3) is 0 Å². The van der Waals surface area contributed by atoms with E-state index >= 15 is 0 Å². The van der Waals surface area contributed by atoms with Gasteiger partial charge in [-0.25, -0.2) is 8.78 Å². The maximum Gasteiger partial charge on any atom is 0.165 e. The van der Waals surface area contributed by atoms with Crippen molar-refractivity contribution in [2.75, 3.05) is 26.4 Å². The van der Waals surface area contributed by atoms with Crippen molar-refractivity contribution in [2.24, 2.45) is 0 Å². The summed E-state index contributed by atoms with van der Waals surface area (Å²) in [6, 6.07) is 17.4. The Bertz CT molecular complexity index is 3480. The van der Waals surface area contributed by atoms with Gasteiger partial charge in [-0.2, -0.15) is 20.4 Å². The van der Waals surface area contributed by atoms with Crippen molar-refractivity contribution in [3.63, 3.8) is 0 Å². The number of hydrogen-bond donors (Lipinski definition) is 4. The minimum absolute atomic E-state index is 0.00108. The van der Waals surface area contributed by atoms with Crippen molar-refractivity contribution in [1.29, 1.82) is 0 Å². The van der Waals surface area contributed by atoms with Crippen molar-refractivity contribution in [2.45, 2.75) is 155 Å². The van der Waals surface area contributed by atoms with Gasteiger partial charge in [0, 0.05) is 45.0 Å². The lowest BCUT2D eigenvalue weighted by atomic mass is 10.0. The first kappa shape index (κ1) is 68.5. The minimum atomic E-state index is -0.502. The molecule has 0 aliphatic rings. The molecule has 0 spiro atoms. The van der Waals surface area contributed by atoms with Gasteiger partial charge in [0.25, 0.3) is 0 Å². The SMILES string of the molecule is CC(=O)c1cc(C)c(OCCCc2c(C)n[nH]c2C)c(C)c1.CC(=O)c1ccc(Cl)c(OCCCc2c(C)n[nH]c2C)c1.CC(=O)c1ccc(F)c(OCCCCc2c(C)n[nH]c2C)c1.CC(=O)c1ccc(OCCCc2c(C)n[nH]c2C)c(F)c1. The molecule has 8 rings (SSSR count). The molecule has 4 aromatic carbocycles. The smallest absolute Gasteiger partial charge is 0.165 e. The van der Waals surface area contributed by atoms with Crippen LogP contribution in [0.3, 0.4) is 0 Å². The van der Waals surface area contributed by atoms with Gasteiger partial charge in [-0.05, 0) is 255 Å². The number of halogens is 3. The number of benzene rings is 4. The molecule has 4 N–H and O–H groups in total. The molecule has 0 fully saturated rings. The second-order valence-corrected chi connectivity index (χ2v) is 21.8. The minimum Gasteiger partial charge on any atom is -0.493 e.